The van der Waals surface area contributed by atoms with E-state index < -0.39 is 0 Å². The van der Waals surface area contributed by atoms with Crippen LogP contribution in [0.4, 0.5) is 28.4 Å². The van der Waals surface area contributed by atoms with E-state index in [4.69, 9.17) is 0 Å². The van der Waals surface area contributed by atoms with Gasteiger partial charge in [-0.2, -0.15) is 0 Å². The summed E-state index contributed by atoms with van der Waals surface area (Å²) in [5.74, 6) is 0. The topological polar surface area (TPSA) is 16.3 Å². The molecule has 10 aromatic rings. The highest BCUT2D eigenvalue weighted by Crippen LogP contribution is 2.44. The summed E-state index contributed by atoms with van der Waals surface area (Å²) >= 11 is 0. The van der Waals surface area contributed by atoms with Crippen LogP contribution in [0, 0.1) is 0 Å². The second-order valence-electron chi connectivity index (χ2n) is 15.9. The maximum atomic E-state index is 4.10. The van der Waals surface area contributed by atoms with Gasteiger partial charge in [0, 0.05) is 72.9 Å². The van der Waals surface area contributed by atoms with Gasteiger partial charge in [0.15, 0.2) is 0 Å². The fourth-order valence-corrected chi connectivity index (χ4v) is 9.44. The molecule has 2 heterocycles. The van der Waals surface area contributed by atoms with Crippen LogP contribution in [-0.2, 0) is 6.42 Å². The maximum absolute atomic E-state index is 4.10. The van der Waals surface area contributed by atoms with Crippen LogP contribution < -0.4 is 9.80 Å². The lowest BCUT2D eigenvalue weighted by Crippen LogP contribution is -2.20. The lowest BCUT2D eigenvalue weighted by atomic mass is 9.97. The molecule has 62 heavy (non-hydrogen) atoms. The zero-order valence-corrected chi connectivity index (χ0v) is 34.4. The van der Waals surface area contributed by atoms with Crippen molar-refractivity contribution in [1.29, 1.82) is 0 Å². The van der Waals surface area contributed by atoms with Crippen molar-refractivity contribution in [2.45, 2.75) is 12.8 Å². The first kappa shape index (κ1) is 37.0. The summed E-state index contributed by atoms with van der Waals surface area (Å²) in [6.07, 6.45) is 8.09. The standard InChI is InChI=1S/C58H44N4/c1-3-41-25-33-55-51(37-41)53-39-49(31-35-57(53)61(55)45-21-13-7-14-22-45)59(43-17-9-5-10-18-43)47-27-29-48(30-28-47)60(44-19-11-6-12-20-44)50-32-36-58-54(40-50)52-38-42(4-2)26-34-56(52)62(58)46-23-15-8-16-24-46/h3-31,33-35,37-40H,1-2,32,36H2. The van der Waals surface area contributed by atoms with E-state index in [2.05, 4.69) is 238 Å². The Kier molecular flexibility index (Phi) is 9.24. The van der Waals surface area contributed by atoms with Gasteiger partial charge < -0.3 is 18.9 Å². The summed E-state index contributed by atoms with van der Waals surface area (Å²) in [6.45, 7) is 8.19. The van der Waals surface area contributed by atoms with E-state index in [0.717, 1.165) is 63.6 Å². The zero-order chi connectivity index (χ0) is 41.6. The van der Waals surface area contributed by atoms with E-state index in [1.165, 1.54) is 49.8 Å². The fourth-order valence-electron chi connectivity index (χ4n) is 9.44. The van der Waals surface area contributed by atoms with Gasteiger partial charge in [-0.3, -0.25) is 0 Å². The van der Waals surface area contributed by atoms with Gasteiger partial charge in [0.25, 0.3) is 0 Å². The second kappa shape index (κ2) is 15.5. The Morgan fingerprint density at radius 2 is 0.823 bits per heavy atom. The lowest BCUT2D eigenvalue weighted by Gasteiger charge is -2.31. The van der Waals surface area contributed by atoms with Crippen molar-refractivity contribution in [2.75, 3.05) is 9.80 Å². The van der Waals surface area contributed by atoms with E-state index in [0.29, 0.717) is 0 Å². The molecule has 0 saturated heterocycles. The Balaban J connectivity index is 1.04. The number of hydrogen-bond donors (Lipinski definition) is 0. The number of rotatable bonds is 10. The smallest absolute Gasteiger partial charge is 0.0542 e. The molecule has 296 valence electrons. The average molecular weight is 797 g/mol. The van der Waals surface area contributed by atoms with E-state index in [9.17, 15) is 0 Å². The van der Waals surface area contributed by atoms with Crippen molar-refractivity contribution >= 4 is 79.4 Å². The molecule has 0 bridgehead atoms. The highest BCUT2D eigenvalue weighted by Gasteiger charge is 2.26. The first-order valence-electron chi connectivity index (χ1n) is 21.3. The van der Waals surface area contributed by atoms with Gasteiger partial charge >= 0.3 is 0 Å². The van der Waals surface area contributed by atoms with Crippen LogP contribution >= 0.6 is 0 Å². The molecule has 4 nitrogen and oxygen atoms in total. The van der Waals surface area contributed by atoms with E-state index >= 15 is 0 Å². The number of fused-ring (bicyclic) bond motifs is 6. The number of hydrogen-bond acceptors (Lipinski definition) is 2. The van der Waals surface area contributed by atoms with Gasteiger partial charge in [0.05, 0.1) is 16.6 Å². The van der Waals surface area contributed by atoms with Gasteiger partial charge in [0.1, 0.15) is 0 Å². The van der Waals surface area contributed by atoms with Crippen molar-refractivity contribution in [3.05, 3.63) is 241 Å². The molecular formula is C58H44N4. The average Bonchev–Trinajstić information content (AvgIpc) is 3.84. The second-order valence-corrected chi connectivity index (χ2v) is 15.9. The number of benzene rings is 8. The van der Waals surface area contributed by atoms with E-state index in [-0.39, 0.29) is 0 Å². The van der Waals surface area contributed by atoms with Gasteiger partial charge in [-0.15, -0.1) is 0 Å². The minimum Gasteiger partial charge on any atom is -0.314 e. The van der Waals surface area contributed by atoms with E-state index in [1.807, 2.05) is 12.2 Å². The van der Waals surface area contributed by atoms with E-state index in [1.54, 1.807) is 0 Å². The Morgan fingerprint density at radius 1 is 0.387 bits per heavy atom. The summed E-state index contributed by atoms with van der Waals surface area (Å²) in [5, 5.41) is 3.63. The summed E-state index contributed by atoms with van der Waals surface area (Å²) in [6, 6.07) is 72.1. The van der Waals surface area contributed by atoms with Crippen molar-refractivity contribution in [3.63, 3.8) is 0 Å². The van der Waals surface area contributed by atoms with Crippen molar-refractivity contribution in [2.24, 2.45) is 0 Å². The number of anilines is 5. The Labute approximate surface area is 362 Å². The maximum Gasteiger partial charge on any atom is 0.0542 e. The molecule has 0 atom stereocenters. The minimum absolute atomic E-state index is 0.890. The van der Waals surface area contributed by atoms with Crippen LogP contribution in [0.25, 0.3) is 62.3 Å². The third-order valence-electron chi connectivity index (χ3n) is 12.3. The third-order valence-corrected chi connectivity index (χ3v) is 12.3. The first-order valence-corrected chi connectivity index (χ1v) is 21.3. The monoisotopic (exact) mass is 796 g/mol. The quantitative estimate of drug-likeness (QED) is 0.137. The zero-order valence-electron chi connectivity index (χ0n) is 34.4. The Bertz CT molecular complexity index is 3300. The molecule has 8 aromatic carbocycles. The Morgan fingerprint density at radius 3 is 1.40 bits per heavy atom. The molecule has 0 spiro atoms. The molecule has 1 aliphatic carbocycles. The number of para-hydroxylation sites is 4. The molecule has 0 amide bonds. The third kappa shape index (κ3) is 6.32. The van der Waals surface area contributed by atoms with Crippen molar-refractivity contribution < 1.29 is 0 Å². The number of allylic oxidation sites excluding steroid dienone is 1. The SMILES string of the molecule is C=Cc1ccc2c(c1)c1c(n2-c2ccccc2)CCC(N(c2ccccc2)c2ccc(N(c3ccccc3)c3ccc4c(c3)c3cc(C=C)ccc3n4-c3ccccc3)cc2)=C1. The van der Waals surface area contributed by atoms with Crippen LogP contribution in [-0.4, -0.2) is 9.13 Å². The van der Waals surface area contributed by atoms with Gasteiger partial charge in [-0.1, -0.05) is 110 Å². The molecule has 11 rings (SSSR count). The van der Waals surface area contributed by atoms with Gasteiger partial charge in [-0.25, -0.2) is 0 Å². The number of aromatic nitrogens is 2. The van der Waals surface area contributed by atoms with Crippen molar-refractivity contribution in [3.8, 4) is 11.4 Å². The largest absolute Gasteiger partial charge is 0.314 e. The highest BCUT2D eigenvalue weighted by molar-refractivity contribution is 6.11. The summed E-state index contributed by atoms with van der Waals surface area (Å²) < 4.78 is 4.81. The molecule has 2 aromatic heterocycles. The molecule has 4 heteroatoms. The van der Waals surface area contributed by atoms with Crippen LogP contribution in [0.5, 0.6) is 0 Å². The molecule has 0 unspecified atom stereocenters. The molecule has 0 fully saturated rings. The number of nitrogens with zero attached hydrogens (tertiary/aromatic N) is 4. The van der Waals surface area contributed by atoms with Crippen LogP contribution in [0.3, 0.4) is 0 Å². The molecule has 1 aliphatic rings. The fraction of sp³-hybridized carbons (Fsp3) is 0.0345. The lowest BCUT2D eigenvalue weighted by molar-refractivity contribution is 0.838. The van der Waals surface area contributed by atoms with Crippen molar-refractivity contribution in [1.82, 2.24) is 9.13 Å². The molecule has 0 aliphatic heterocycles. The van der Waals surface area contributed by atoms with Crippen LogP contribution in [0.1, 0.15) is 28.8 Å². The normalized spacial score (nSPS) is 12.3. The van der Waals surface area contributed by atoms with Crippen LogP contribution in [0.2, 0.25) is 0 Å². The predicted molar refractivity (Wildman–Crippen MR) is 264 cm³/mol. The van der Waals surface area contributed by atoms with Gasteiger partial charge in [-0.05, 0) is 145 Å². The van der Waals surface area contributed by atoms with Crippen LogP contribution in [0.15, 0.2) is 219 Å². The highest BCUT2D eigenvalue weighted by atomic mass is 15.2. The molecular weight excluding hydrogens is 753 g/mol. The van der Waals surface area contributed by atoms with Gasteiger partial charge in [0.2, 0.25) is 0 Å². The summed E-state index contributed by atoms with van der Waals surface area (Å²) in [4.78, 5) is 4.80. The molecule has 0 radical (unpaired) electrons. The predicted octanol–water partition coefficient (Wildman–Crippen LogP) is 15.6. The minimum atomic E-state index is 0.890. The summed E-state index contributed by atoms with van der Waals surface area (Å²) in [5.41, 5.74) is 17.4. The first-order chi connectivity index (χ1) is 30.7. The summed E-state index contributed by atoms with van der Waals surface area (Å²) in [7, 11) is 0. The molecule has 0 N–H and O–H groups in total. The molecule has 0 saturated carbocycles. The Hall–Kier alpha value is -8.08.